The second-order valence-corrected chi connectivity index (χ2v) is 3.57. The normalized spacial score (nSPS) is 10.7. The van der Waals surface area contributed by atoms with E-state index in [2.05, 4.69) is 23.0 Å². The highest BCUT2D eigenvalue weighted by atomic mass is 15.0. The minimum absolute atomic E-state index is 0.225. The molecule has 0 amide bonds. The Morgan fingerprint density at radius 1 is 1.20 bits per heavy atom. The summed E-state index contributed by atoms with van der Waals surface area (Å²) in [5, 5.41) is 0.884. The monoisotopic (exact) mass is 202 g/mol. The van der Waals surface area contributed by atoms with Gasteiger partial charge in [-0.05, 0) is 24.1 Å². The van der Waals surface area contributed by atoms with Crippen molar-refractivity contribution in [2.75, 3.05) is 11.5 Å². The van der Waals surface area contributed by atoms with Crippen LogP contribution in [-0.2, 0) is 6.42 Å². The Bertz CT molecular complexity index is 493. The Morgan fingerprint density at radius 3 is 2.73 bits per heavy atom. The number of hydrogen-bond acceptors (Lipinski definition) is 4. The standard InChI is InChI=1S/C11H14N4/c1-2-3-7-4-5-9-8(6-7)10(12)15-11(13)14-9/h4-6H,2-3H2,1H3,(H4,12,13,14,15). The maximum Gasteiger partial charge on any atom is 0.222 e. The van der Waals surface area contributed by atoms with E-state index in [0.29, 0.717) is 5.82 Å². The zero-order valence-corrected chi connectivity index (χ0v) is 8.70. The molecular weight excluding hydrogens is 188 g/mol. The summed E-state index contributed by atoms with van der Waals surface area (Å²) in [4.78, 5) is 8.07. The Kier molecular flexibility index (Phi) is 2.41. The van der Waals surface area contributed by atoms with Crippen LogP contribution >= 0.6 is 0 Å². The van der Waals surface area contributed by atoms with Crippen LogP contribution in [0.15, 0.2) is 18.2 Å². The second kappa shape index (κ2) is 3.73. The van der Waals surface area contributed by atoms with E-state index in [1.54, 1.807) is 0 Å². The first-order valence-electron chi connectivity index (χ1n) is 5.02. The Balaban J connectivity index is 2.60. The molecule has 0 aliphatic rings. The summed E-state index contributed by atoms with van der Waals surface area (Å²) in [6.07, 6.45) is 2.15. The van der Waals surface area contributed by atoms with Crippen LogP contribution in [-0.4, -0.2) is 9.97 Å². The minimum Gasteiger partial charge on any atom is -0.383 e. The van der Waals surface area contributed by atoms with Gasteiger partial charge in [0.25, 0.3) is 0 Å². The van der Waals surface area contributed by atoms with Gasteiger partial charge in [-0.3, -0.25) is 0 Å². The van der Waals surface area contributed by atoms with E-state index in [4.69, 9.17) is 11.5 Å². The van der Waals surface area contributed by atoms with E-state index < -0.39 is 0 Å². The number of aromatic nitrogens is 2. The molecule has 0 unspecified atom stereocenters. The number of nitrogen functional groups attached to an aromatic ring is 2. The highest BCUT2D eigenvalue weighted by Gasteiger charge is 2.03. The van der Waals surface area contributed by atoms with Crippen LogP contribution in [0.5, 0.6) is 0 Å². The fraction of sp³-hybridized carbons (Fsp3) is 0.273. The number of rotatable bonds is 2. The Labute approximate surface area is 88.3 Å². The van der Waals surface area contributed by atoms with Gasteiger partial charge in [-0.15, -0.1) is 0 Å². The molecule has 0 spiro atoms. The quantitative estimate of drug-likeness (QED) is 0.777. The van der Waals surface area contributed by atoms with Crippen LogP contribution in [0.2, 0.25) is 0 Å². The van der Waals surface area contributed by atoms with Gasteiger partial charge in [-0.25, -0.2) is 4.98 Å². The number of aryl methyl sites for hydroxylation is 1. The maximum absolute atomic E-state index is 5.79. The fourth-order valence-electron chi connectivity index (χ4n) is 1.66. The zero-order chi connectivity index (χ0) is 10.8. The summed E-state index contributed by atoms with van der Waals surface area (Å²) in [5.74, 6) is 0.679. The zero-order valence-electron chi connectivity index (χ0n) is 8.70. The molecule has 4 nitrogen and oxygen atoms in total. The molecule has 4 heteroatoms. The highest BCUT2D eigenvalue weighted by molar-refractivity contribution is 5.89. The van der Waals surface area contributed by atoms with E-state index in [1.807, 2.05) is 12.1 Å². The first-order valence-corrected chi connectivity index (χ1v) is 5.02. The predicted octanol–water partition coefficient (Wildman–Crippen LogP) is 1.75. The number of hydrogen-bond donors (Lipinski definition) is 2. The van der Waals surface area contributed by atoms with E-state index in [9.17, 15) is 0 Å². The molecule has 0 saturated carbocycles. The summed E-state index contributed by atoms with van der Waals surface area (Å²) in [6, 6.07) is 6.03. The first kappa shape index (κ1) is 9.71. The van der Waals surface area contributed by atoms with Crippen molar-refractivity contribution < 1.29 is 0 Å². The van der Waals surface area contributed by atoms with Crippen molar-refractivity contribution >= 4 is 22.7 Å². The van der Waals surface area contributed by atoms with Gasteiger partial charge in [0.2, 0.25) is 5.95 Å². The first-order chi connectivity index (χ1) is 7.20. The molecule has 0 radical (unpaired) electrons. The lowest BCUT2D eigenvalue weighted by molar-refractivity contribution is 0.923. The average Bonchev–Trinajstić information content (AvgIpc) is 2.19. The SMILES string of the molecule is CCCc1ccc2nc(N)nc(N)c2c1. The van der Waals surface area contributed by atoms with E-state index in [1.165, 1.54) is 5.56 Å². The highest BCUT2D eigenvalue weighted by Crippen LogP contribution is 2.20. The van der Waals surface area contributed by atoms with E-state index in [-0.39, 0.29) is 5.95 Å². The number of benzene rings is 1. The number of nitrogens with zero attached hydrogens (tertiary/aromatic N) is 2. The van der Waals surface area contributed by atoms with Gasteiger partial charge in [-0.1, -0.05) is 19.4 Å². The summed E-state index contributed by atoms with van der Waals surface area (Å²) >= 11 is 0. The molecule has 2 rings (SSSR count). The van der Waals surface area contributed by atoms with Gasteiger partial charge >= 0.3 is 0 Å². The summed E-state index contributed by atoms with van der Waals surface area (Å²) in [6.45, 7) is 2.15. The van der Waals surface area contributed by atoms with Crippen LogP contribution in [0.1, 0.15) is 18.9 Å². The third kappa shape index (κ3) is 1.83. The van der Waals surface area contributed by atoms with Gasteiger partial charge in [0.05, 0.1) is 5.52 Å². The minimum atomic E-state index is 0.225. The van der Waals surface area contributed by atoms with Crippen LogP contribution in [0.4, 0.5) is 11.8 Å². The van der Waals surface area contributed by atoms with Crippen molar-refractivity contribution in [1.29, 1.82) is 0 Å². The number of anilines is 2. The van der Waals surface area contributed by atoms with Gasteiger partial charge in [0.15, 0.2) is 0 Å². The lowest BCUT2D eigenvalue weighted by Gasteiger charge is -2.04. The van der Waals surface area contributed by atoms with Crippen molar-refractivity contribution in [2.24, 2.45) is 0 Å². The third-order valence-corrected chi connectivity index (χ3v) is 2.35. The van der Waals surface area contributed by atoms with Gasteiger partial charge < -0.3 is 11.5 Å². The Morgan fingerprint density at radius 2 is 2.00 bits per heavy atom. The molecule has 2 aromatic rings. The number of nitrogens with two attached hydrogens (primary N) is 2. The molecule has 78 valence electrons. The Hall–Kier alpha value is -1.84. The predicted molar refractivity (Wildman–Crippen MR) is 62.4 cm³/mol. The molecule has 0 atom stereocenters. The van der Waals surface area contributed by atoms with Gasteiger partial charge in [-0.2, -0.15) is 4.98 Å². The number of fused-ring (bicyclic) bond motifs is 1. The lowest BCUT2D eigenvalue weighted by atomic mass is 10.1. The molecule has 15 heavy (non-hydrogen) atoms. The topological polar surface area (TPSA) is 77.8 Å². The molecule has 0 saturated heterocycles. The smallest absolute Gasteiger partial charge is 0.222 e. The van der Waals surface area contributed by atoms with Crippen molar-refractivity contribution in [3.8, 4) is 0 Å². The maximum atomic E-state index is 5.79. The average molecular weight is 202 g/mol. The molecule has 0 fully saturated rings. The molecule has 4 N–H and O–H groups in total. The molecular formula is C11H14N4. The lowest BCUT2D eigenvalue weighted by Crippen LogP contribution is -2.00. The van der Waals surface area contributed by atoms with Crippen LogP contribution < -0.4 is 11.5 Å². The molecule has 1 aromatic heterocycles. The molecule has 0 aliphatic heterocycles. The summed E-state index contributed by atoms with van der Waals surface area (Å²) in [7, 11) is 0. The van der Waals surface area contributed by atoms with Gasteiger partial charge in [0, 0.05) is 5.39 Å². The van der Waals surface area contributed by atoms with E-state index >= 15 is 0 Å². The van der Waals surface area contributed by atoms with Crippen LogP contribution in [0.25, 0.3) is 10.9 Å². The molecule has 0 bridgehead atoms. The molecule has 0 aliphatic carbocycles. The second-order valence-electron chi connectivity index (χ2n) is 3.57. The van der Waals surface area contributed by atoms with Crippen molar-refractivity contribution in [2.45, 2.75) is 19.8 Å². The molecule has 1 aromatic carbocycles. The molecule has 1 heterocycles. The van der Waals surface area contributed by atoms with E-state index in [0.717, 1.165) is 23.7 Å². The van der Waals surface area contributed by atoms with Gasteiger partial charge in [0.1, 0.15) is 5.82 Å². The van der Waals surface area contributed by atoms with Crippen molar-refractivity contribution in [3.63, 3.8) is 0 Å². The summed E-state index contributed by atoms with van der Waals surface area (Å²) < 4.78 is 0. The van der Waals surface area contributed by atoms with Crippen molar-refractivity contribution in [3.05, 3.63) is 23.8 Å². The third-order valence-electron chi connectivity index (χ3n) is 2.35. The van der Waals surface area contributed by atoms with Crippen LogP contribution in [0.3, 0.4) is 0 Å². The van der Waals surface area contributed by atoms with Crippen LogP contribution in [0, 0.1) is 0 Å². The van der Waals surface area contributed by atoms with Crippen molar-refractivity contribution in [1.82, 2.24) is 9.97 Å². The fourth-order valence-corrected chi connectivity index (χ4v) is 1.66. The largest absolute Gasteiger partial charge is 0.383 e. The summed E-state index contributed by atoms with van der Waals surface area (Å²) in [5.41, 5.74) is 13.4.